The molecule has 8 nitrogen and oxygen atoms in total. The summed E-state index contributed by atoms with van der Waals surface area (Å²) in [5, 5.41) is 13.2. The molecule has 0 aromatic carbocycles. The van der Waals surface area contributed by atoms with E-state index in [1.54, 1.807) is 17.2 Å². The molecule has 1 aliphatic heterocycles. The molecule has 4 heterocycles. The molecule has 0 radical (unpaired) electrons. The second-order valence-electron chi connectivity index (χ2n) is 6.67. The number of aliphatic hydroxyl groups is 1. The standard InChI is InChI=1S/C20H20N4O4/c1-12-3-4-14(8-21-12)19-17(13(2)28-23-19)11-27-18-7-15-10-24(5-6-25)20(26)16(15)9-22-18/h3-4,7-9,25H,5-6,10-11H2,1-2H3. The van der Waals surface area contributed by atoms with Crippen LogP contribution in [-0.4, -0.2) is 44.2 Å². The van der Waals surface area contributed by atoms with Gasteiger partial charge in [0.05, 0.1) is 17.7 Å². The fourth-order valence-corrected chi connectivity index (χ4v) is 3.17. The Labute approximate surface area is 161 Å². The maximum absolute atomic E-state index is 12.2. The van der Waals surface area contributed by atoms with Gasteiger partial charge < -0.3 is 19.3 Å². The van der Waals surface area contributed by atoms with E-state index in [-0.39, 0.29) is 19.1 Å². The van der Waals surface area contributed by atoms with Crippen LogP contribution in [-0.2, 0) is 13.2 Å². The summed E-state index contributed by atoms with van der Waals surface area (Å²) in [6.07, 6.45) is 3.28. The van der Waals surface area contributed by atoms with E-state index < -0.39 is 0 Å². The van der Waals surface area contributed by atoms with Crippen LogP contribution in [0.1, 0.15) is 32.9 Å². The number of aromatic nitrogens is 3. The Balaban J connectivity index is 1.52. The second kappa shape index (κ2) is 7.40. The first-order valence-electron chi connectivity index (χ1n) is 8.97. The number of hydrogen-bond donors (Lipinski definition) is 1. The molecule has 1 N–H and O–H groups in total. The van der Waals surface area contributed by atoms with E-state index in [2.05, 4.69) is 15.1 Å². The quantitative estimate of drug-likeness (QED) is 0.700. The molecule has 4 rings (SSSR count). The monoisotopic (exact) mass is 380 g/mol. The molecule has 8 heteroatoms. The van der Waals surface area contributed by atoms with Crippen LogP contribution in [0.3, 0.4) is 0 Å². The maximum Gasteiger partial charge on any atom is 0.256 e. The number of aliphatic hydroxyl groups excluding tert-OH is 1. The highest BCUT2D eigenvalue weighted by Gasteiger charge is 2.28. The Morgan fingerprint density at radius 2 is 2.11 bits per heavy atom. The fourth-order valence-electron chi connectivity index (χ4n) is 3.17. The molecule has 0 spiro atoms. The number of hydrogen-bond acceptors (Lipinski definition) is 7. The third-order valence-electron chi connectivity index (χ3n) is 4.75. The lowest BCUT2D eigenvalue weighted by atomic mass is 10.1. The lowest BCUT2D eigenvalue weighted by Gasteiger charge is -2.12. The number of β-amino-alcohol motifs (C(OH)–C–C–N with tert-alkyl or cyclic N) is 1. The van der Waals surface area contributed by atoms with Gasteiger partial charge in [0.1, 0.15) is 18.1 Å². The Hall–Kier alpha value is -3.26. The van der Waals surface area contributed by atoms with Crippen LogP contribution in [0.5, 0.6) is 5.88 Å². The van der Waals surface area contributed by atoms with Gasteiger partial charge in [-0.15, -0.1) is 0 Å². The molecule has 0 saturated heterocycles. The van der Waals surface area contributed by atoms with Gasteiger partial charge in [0.25, 0.3) is 5.91 Å². The molecule has 0 unspecified atom stereocenters. The first-order valence-corrected chi connectivity index (χ1v) is 8.97. The van der Waals surface area contributed by atoms with Crippen LogP contribution >= 0.6 is 0 Å². The predicted octanol–water partition coefficient (Wildman–Crippen LogP) is 2.28. The normalized spacial score (nSPS) is 13.1. The molecule has 0 fully saturated rings. The Kier molecular flexibility index (Phi) is 4.79. The van der Waals surface area contributed by atoms with Gasteiger partial charge in [-0.3, -0.25) is 9.78 Å². The molecule has 1 amide bonds. The van der Waals surface area contributed by atoms with Crippen molar-refractivity contribution in [2.45, 2.75) is 27.0 Å². The Bertz CT molecular complexity index is 1010. The lowest BCUT2D eigenvalue weighted by Crippen LogP contribution is -2.26. The van der Waals surface area contributed by atoms with E-state index in [1.807, 2.05) is 26.0 Å². The number of pyridine rings is 2. The van der Waals surface area contributed by atoms with Crippen LogP contribution in [0.4, 0.5) is 0 Å². The van der Waals surface area contributed by atoms with E-state index in [0.29, 0.717) is 36.0 Å². The van der Waals surface area contributed by atoms with E-state index in [9.17, 15) is 4.79 Å². The smallest absolute Gasteiger partial charge is 0.256 e. The third kappa shape index (κ3) is 3.34. The van der Waals surface area contributed by atoms with Crippen molar-refractivity contribution in [1.82, 2.24) is 20.0 Å². The van der Waals surface area contributed by atoms with Gasteiger partial charge in [-0.05, 0) is 31.5 Å². The van der Waals surface area contributed by atoms with Crippen LogP contribution in [0.15, 0.2) is 35.1 Å². The highest BCUT2D eigenvalue weighted by Crippen LogP contribution is 2.28. The zero-order chi connectivity index (χ0) is 19.7. The summed E-state index contributed by atoms with van der Waals surface area (Å²) in [6, 6.07) is 5.62. The predicted molar refractivity (Wildman–Crippen MR) is 99.6 cm³/mol. The summed E-state index contributed by atoms with van der Waals surface area (Å²) in [5.74, 6) is 0.971. The fraction of sp³-hybridized carbons (Fsp3) is 0.300. The van der Waals surface area contributed by atoms with Crippen LogP contribution < -0.4 is 4.74 Å². The number of fused-ring (bicyclic) bond motifs is 1. The van der Waals surface area contributed by atoms with Gasteiger partial charge in [0, 0.05) is 42.8 Å². The number of carbonyl (C=O) groups is 1. The summed E-state index contributed by atoms with van der Waals surface area (Å²) in [7, 11) is 0. The SMILES string of the molecule is Cc1ccc(-c2noc(C)c2COc2cc3c(cn2)C(=O)N(CCO)C3)cn1. The van der Waals surface area contributed by atoms with Crippen LogP contribution in [0, 0.1) is 13.8 Å². The minimum Gasteiger partial charge on any atom is -0.473 e. The molecule has 0 bridgehead atoms. The molecule has 28 heavy (non-hydrogen) atoms. The first kappa shape index (κ1) is 18.1. The minimum atomic E-state index is -0.118. The molecule has 3 aromatic heterocycles. The molecule has 0 aliphatic carbocycles. The Morgan fingerprint density at radius 3 is 2.86 bits per heavy atom. The molecule has 0 atom stereocenters. The van der Waals surface area contributed by atoms with E-state index in [0.717, 1.165) is 22.4 Å². The van der Waals surface area contributed by atoms with Crippen molar-refractivity contribution in [3.63, 3.8) is 0 Å². The zero-order valence-electron chi connectivity index (χ0n) is 15.7. The number of aryl methyl sites for hydroxylation is 2. The summed E-state index contributed by atoms with van der Waals surface area (Å²) in [6.45, 7) is 4.67. The van der Waals surface area contributed by atoms with Gasteiger partial charge in [0.2, 0.25) is 5.88 Å². The minimum absolute atomic E-state index is 0.0695. The van der Waals surface area contributed by atoms with Crippen molar-refractivity contribution in [3.8, 4) is 17.1 Å². The van der Waals surface area contributed by atoms with Crippen molar-refractivity contribution in [2.24, 2.45) is 0 Å². The molecular formula is C20H20N4O4. The number of amides is 1. The van der Waals surface area contributed by atoms with E-state index in [4.69, 9.17) is 14.4 Å². The highest BCUT2D eigenvalue weighted by atomic mass is 16.5. The van der Waals surface area contributed by atoms with Crippen molar-refractivity contribution < 1.29 is 19.2 Å². The van der Waals surface area contributed by atoms with Crippen molar-refractivity contribution >= 4 is 5.91 Å². The number of rotatable bonds is 6. The average molecular weight is 380 g/mol. The van der Waals surface area contributed by atoms with Crippen molar-refractivity contribution in [2.75, 3.05) is 13.2 Å². The molecular weight excluding hydrogens is 360 g/mol. The van der Waals surface area contributed by atoms with Gasteiger partial charge in [-0.1, -0.05) is 5.16 Å². The average Bonchev–Trinajstić information content (AvgIpc) is 3.21. The molecule has 1 aliphatic rings. The molecule has 0 saturated carbocycles. The number of carbonyl (C=O) groups excluding carboxylic acids is 1. The van der Waals surface area contributed by atoms with Gasteiger partial charge >= 0.3 is 0 Å². The maximum atomic E-state index is 12.2. The van der Waals surface area contributed by atoms with Gasteiger partial charge in [-0.25, -0.2) is 4.98 Å². The summed E-state index contributed by atoms with van der Waals surface area (Å²) in [5.41, 5.74) is 4.69. The largest absolute Gasteiger partial charge is 0.473 e. The molecule has 144 valence electrons. The van der Waals surface area contributed by atoms with Gasteiger partial charge in [0.15, 0.2) is 0 Å². The van der Waals surface area contributed by atoms with Gasteiger partial charge in [-0.2, -0.15) is 0 Å². The summed E-state index contributed by atoms with van der Waals surface area (Å²) >= 11 is 0. The topological polar surface area (TPSA) is 102 Å². The summed E-state index contributed by atoms with van der Waals surface area (Å²) in [4.78, 5) is 22.4. The van der Waals surface area contributed by atoms with Crippen molar-refractivity contribution in [3.05, 3.63) is 58.7 Å². The Morgan fingerprint density at radius 1 is 1.25 bits per heavy atom. The second-order valence-corrected chi connectivity index (χ2v) is 6.67. The van der Waals surface area contributed by atoms with Crippen LogP contribution in [0.25, 0.3) is 11.3 Å². The highest BCUT2D eigenvalue weighted by molar-refractivity contribution is 5.98. The lowest BCUT2D eigenvalue weighted by molar-refractivity contribution is 0.0745. The molecule has 3 aromatic rings. The van der Waals surface area contributed by atoms with E-state index in [1.165, 1.54) is 6.20 Å². The zero-order valence-corrected chi connectivity index (χ0v) is 15.7. The van der Waals surface area contributed by atoms with Crippen LogP contribution in [0.2, 0.25) is 0 Å². The summed E-state index contributed by atoms with van der Waals surface area (Å²) < 4.78 is 11.2. The number of nitrogens with zero attached hydrogens (tertiary/aromatic N) is 4. The third-order valence-corrected chi connectivity index (χ3v) is 4.75. The van der Waals surface area contributed by atoms with E-state index >= 15 is 0 Å². The first-order chi connectivity index (χ1) is 13.6. The number of ether oxygens (including phenoxy) is 1. The van der Waals surface area contributed by atoms with Crippen molar-refractivity contribution in [1.29, 1.82) is 0 Å².